The Morgan fingerprint density at radius 3 is 2.37 bits per heavy atom. The van der Waals surface area contributed by atoms with E-state index in [1.165, 1.54) is 0 Å². The van der Waals surface area contributed by atoms with E-state index < -0.39 is 0 Å². The Morgan fingerprint density at radius 1 is 1.26 bits per heavy atom. The lowest BCUT2D eigenvalue weighted by Crippen LogP contribution is -2.43. The lowest BCUT2D eigenvalue weighted by Gasteiger charge is -2.29. The van der Waals surface area contributed by atoms with Crippen molar-refractivity contribution >= 4 is 47.4 Å². The highest BCUT2D eigenvalue weighted by Gasteiger charge is 2.42. The minimum atomic E-state index is -0.352. The van der Waals surface area contributed by atoms with Gasteiger partial charge in [0.05, 0.1) is 18.0 Å². The molecular weight excluding hydrogens is 475 g/mol. The first kappa shape index (κ1) is 24.0. The van der Waals surface area contributed by atoms with Crippen LogP contribution in [0.15, 0.2) is 29.3 Å². The van der Waals surface area contributed by atoms with E-state index >= 15 is 0 Å². The monoisotopic (exact) mass is 506 g/mol. The van der Waals surface area contributed by atoms with Crippen molar-refractivity contribution in [3.8, 4) is 0 Å². The second kappa shape index (κ2) is 11.1. The molecular formula is C20H32ClIN4O. The average Bonchev–Trinajstić information content (AvgIpc) is 3.09. The fourth-order valence-corrected chi connectivity index (χ4v) is 3.68. The van der Waals surface area contributed by atoms with Crippen LogP contribution in [0.3, 0.4) is 0 Å². The highest BCUT2D eigenvalue weighted by atomic mass is 127. The summed E-state index contributed by atoms with van der Waals surface area (Å²) in [6.45, 7) is 5.42. The summed E-state index contributed by atoms with van der Waals surface area (Å²) in [5, 5.41) is 7.45. The minimum Gasteiger partial charge on any atom is -0.357 e. The van der Waals surface area contributed by atoms with Gasteiger partial charge >= 0.3 is 0 Å². The summed E-state index contributed by atoms with van der Waals surface area (Å²) >= 11 is 5.97. The predicted octanol–water partition coefficient (Wildman–Crippen LogP) is 4.22. The van der Waals surface area contributed by atoms with E-state index in [0.29, 0.717) is 6.54 Å². The largest absolute Gasteiger partial charge is 0.357 e. The highest BCUT2D eigenvalue weighted by molar-refractivity contribution is 14.0. The molecule has 1 aromatic rings. The Balaban J connectivity index is 0.00000364. The van der Waals surface area contributed by atoms with E-state index in [-0.39, 0.29) is 41.3 Å². The molecule has 0 aliphatic heterocycles. The number of hydrogen-bond donors (Lipinski definition) is 2. The first-order valence-corrected chi connectivity index (χ1v) is 9.78. The second-order valence-corrected chi connectivity index (χ2v) is 7.74. The van der Waals surface area contributed by atoms with Gasteiger partial charge in [0.1, 0.15) is 0 Å². The smallest absolute Gasteiger partial charge is 0.230 e. The molecule has 1 aliphatic rings. The maximum Gasteiger partial charge on any atom is 0.230 e. The summed E-state index contributed by atoms with van der Waals surface area (Å²) in [4.78, 5) is 19.2. The van der Waals surface area contributed by atoms with E-state index in [1.54, 1.807) is 4.90 Å². The third-order valence-corrected chi connectivity index (χ3v) is 5.28. The van der Waals surface area contributed by atoms with Crippen molar-refractivity contribution in [3.05, 3.63) is 34.9 Å². The molecule has 1 aliphatic carbocycles. The van der Waals surface area contributed by atoms with Crippen molar-refractivity contribution in [2.45, 2.75) is 45.6 Å². The normalized spacial score (nSPS) is 17.0. The Kier molecular flexibility index (Phi) is 9.87. The molecule has 1 atom stereocenters. The third kappa shape index (κ3) is 6.52. The molecule has 7 heteroatoms. The van der Waals surface area contributed by atoms with Crippen molar-refractivity contribution in [1.82, 2.24) is 15.5 Å². The number of rotatable bonds is 6. The molecule has 1 unspecified atom stereocenters. The second-order valence-electron chi connectivity index (χ2n) is 7.30. The van der Waals surface area contributed by atoms with Crippen molar-refractivity contribution in [3.63, 3.8) is 0 Å². The lowest BCUT2D eigenvalue weighted by molar-refractivity contribution is -0.138. The van der Waals surface area contributed by atoms with Crippen LogP contribution in [0.25, 0.3) is 0 Å². The number of hydrogen-bond acceptors (Lipinski definition) is 2. The Labute approximate surface area is 185 Å². The number of nitrogens with one attached hydrogen (secondary N) is 2. The Hall–Kier alpha value is -1.02. The van der Waals surface area contributed by atoms with Crippen molar-refractivity contribution < 1.29 is 4.79 Å². The van der Waals surface area contributed by atoms with Crippen LogP contribution in [-0.4, -0.2) is 44.0 Å². The number of aliphatic imine (C=N–C) groups is 1. The van der Waals surface area contributed by atoms with Crippen LogP contribution in [0.4, 0.5) is 0 Å². The van der Waals surface area contributed by atoms with Crippen molar-refractivity contribution in [2.24, 2.45) is 10.4 Å². The molecule has 1 fully saturated rings. The Morgan fingerprint density at radius 2 is 1.85 bits per heavy atom. The summed E-state index contributed by atoms with van der Waals surface area (Å²) in [5.41, 5.74) is 0.787. The van der Waals surface area contributed by atoms with Crippen LogP contribution >= 0.6 is 35.6 Å². The van der Waals surface area contributed by atoms with Gasteiger partial charge in [-0.25, -0.2) is 0 Å². The molecule has 1 saturated carbocycles. The molecule has 0 aromatic heterocycles. The maximum atomic E-state index is 12.7. The lowest BCUT2D eigenvalue weighted by atomic mass is 9.85. The molecule has 0 radical (unpaired) electrons. The van der Waals surface area contributed by atoms with Gasteiger partial charge in [-0.3, -0.25) is 9.79 Å². The van der Waals surface area contributed by atoms with Crippen LogP contribution in [0.2, 0.25) is 5.02 Å². The molecule has 1 aromatic carbocycles. The molecule has 1 amide bonds. The number of carbonyl (C=O) groups excluding carboxylic acids is 1. The number of amides is 1. The number of halogens is 2. The zero-order chi connectivity index (χ0) is 19.2. The average molecular weight is 507 g/mol. The van der Waals surface area contributed by atoms with Gasteiger partial charge in [-0.1, -0.05) is 36.6 Å². The minimum absolute atomic E-state index is 0. The van der Waals surface area contributed by atoms with Crippen LogP contribution in [0, 0.1) is 5.41 Å². The van der Waals surface area contributed by atoms with Crippen LogP contribution < -0.4 is 10.6 Å². The van der Waals surface area contributed by atoms with E-state index in [2.05, 4.69) is 17.6 Å². The van der Waals surface area contributed by atoms with Gasteiger partial charge in [0.2, 0.25) is 5.91 Å². The third-order valence-electron chi connectivity index (χ3n) is 5.03. The van der Waals surface area contributed by atoms with Crippen LogP contribution in [0.1, 0.15) is 51.1 Å². The summed E-state index contributed by atoms with van der Waals surface area (Å²) in [5.74, 6) is 0.938. The van der Waals surface area contributed by atoms with Crippen molar-refractivity contribution in [1.29, 1.82) is 0 Å². The number of nitrogens with zero attached hydrogens (tertiary/aromatic N) is 2. The molecule has 2 rings (SSSR count). The SMILES string of the molecule is CCNC(=NCC1(C(=O)N(C)C)CCCC1)NC(C)c1ccc(Cl)cc1.I. The zero-order valence-electron chi connectivity index (χ0n) is 16.7. The van der Waals surface area contributed by atoms with E-state index in [9.17, 15) is 4.79 Å². The quantitative estimate of drug-likeness (QED) is 0.345. The first-order valence-electron chi connectivity index (χ1n) is 9.40. The van der Waals surface area contributed by atoms with Gasteiger partial charge in [0.15, 0.2) is 5.96 Å². The standard InChI is InChI=1S/C20H31ClN4O.HI/c1-5-22-19(24-15(2)16-8-10-17(21)11-9-16)23-14-20(12-6-7-13-20)18(26)25(3)4;/h8-11,15H,5-7,12-14H2,1-4H3,(H2,22,23,24);1H. The maximum absolute atomic E-state index is 12.7. The van der Waals surface area contributed by atoms with Gasteiger partial charge in [-0.15, -0.1) is 24.0 Å². The summed E-state index contributed by atoms with van der Waals surface area (Å²) in [6.07, 6.45) is 4.03. The molecule has 0 spiro atoms. The first-order chi connectivity index (χ1) is 12.4. The molecule has 0 heterocycles. The summed E-state index contributed by atoms with van der Waals surface area (Å²) in [7, 11) is 3.66. The number of carbonyl (C=O) groups is 1. The van der Waals surface area contributed by atoms with Gasteiger partial charge < -0.3 is 15.5 Å². The zero-order valence-corrected chi connectivity index (χ0v) is 19.8. The molecule has 152 valence electrons. The highest BCUT2D eigenvalue weighted by Crippen LogP contribution is 2.39. The predicted molar refractivity (Wildman–Crippen MR) is 124 cm³/mol. The molecule has 0 saturated heterocycles. The summed E-state index contributed by atoms with van der Waals surface area (Å²) in [6, 6.07) is 7.90. The number of benzene rings is 1. The summed E-state index contributed by atoms with van der Waals surface area (Å²) < 4.78 is 0. The molecule has 2 N–H and O–H groups in total. The van der Waals surface area contributed by atoms with Gasteiger partial charge in [0, 0.05) is 25.7 Å². The van der Waals surface area contributed by atoms with E-state index in [1.807, 2.05) is 45.3 Å². The van der Waals surface area contributed by atoms with Gasteiger partial charge in [-0.2, -0.15) is 0 Å². The van der Waals surface area contributed by atoms with Crippen LogP contribution in [0.5, 0.6) is 0 Å². The van der Waals surface area contributed by atoms with E-state index in [0.717, 1.165) is 48.8 Å². The molecule has 27 heavy (non-hydrogen) atoms. The molecule has 0 bridgehead atoms. The van der Waals surface area contributed by atoms with E-state index in [4.69, 9.17) is 16.6 Å². The van der Waals surface area contributed by atoms with Crippen LogP contribution in [-0.2, 0) is 4.79 Å². The topological polar surface area (TPSA) is 56.7 Å². The number of guanidine groups is 1. The fraction of sp³-hybridized carbons (Fsp3) is 0.600. The Bertz CT molecular complexity index is 627. The molecule has 5 nitrogen and oxygen atoms in total. The fourth-order valence-electron chi connectivity index (χ4n) is 3.56. The van der Waals surface area contributed by atoms with Gasteiger partial charge in [0.25, 0.3) is 0 Å². The van der Waals surface area contributed by atoms with Gasteiger partial charge in [-0.05, 0) is 44.4 Å². The van der Waals surface area contributed by atoms with Crippen molar-refractivity contribution in [2.75, 3.05) is 27.2 Å².